The fraction of sp³-hybridized carbons (Fsp3) is 0.500. The highest BCUT2D eigenvalue weighted by Gasteiger charge is 2.10. The number of aryl methyl sites for hydroxylation is 1. The number of anilines is 2. The van der Waals surface area contributed by atoms with Gasteiger partial charge in [0.05, 0.1) is 6.54 Å². The lowest BCUT2D eigenvalue weighted by Crippen LogP contribution is -2.10. The number of aromatic nitrogens is 3. The monoisotopic (exact) mass is 291 g/mol. The molecule has 2 aromatic rings. The van der Waals surface area contributed by atoms with Crippen molar-refractivity contribution in [3.8, 4) is 0 Å². The lowest BCUT2D eigenvalue weighted by molar-refractivity contribution is 0.894. The fourth-order valence-corrected chi connectivity index (χ4v) is 2.73. The molecule has 0 aliphatic carbocycles. The first-order valence-electron chi connectivity index (χ1n) is 6.97. The minimum Gasteiger partial charge on any atom is -0.370 e. The molecule has 2 N–H and O–H groups in total. The van der Waals surface area contributed by atoms with Crippen molar-refractivity contribution < 1.29 is 0 Å². The van der Waals surface area contributed by atoms with Crippen LogP contribution in [0, 0.1) is 6.92 Å². The average Bonchev–Trinajstić information content (AvgIpc) is 2.85. The zero-order chi connectivity index (χ0) is 14.4. The summed E-state index contributed by atoms with van der Waals surface area (Å²) in [5, 5.41) is 9.82. The van der Waals surface area contributed by atoms with Gasteiger partial charge in [-0.05, 0) is 20.3 Å². The third-order valence-corrected chi connectivity index (χ3v) is 3.83. The number of hydrogen-bond donors (Lipinski definition) is 2. The van der Waals surface area contributed by atoms with Crippen molar-refractivity contribution in [1.82, 2.24) is 15.0 Å². The summed E-state index contributed by atoms with van der Waals surface area (Å²) in [6.07, 6.45) is 3.63. The molecule has 0 aliphatic rings. The van der Waals surface area contributed by atoms with Crippen molar-refractivity contribution in [2.24, 2.45) is 0 Å². The summed E-state index contributed by atoms with van der Waals surface area (Å²) in [5.74, 6) is 1.84. The van der Waals surface area contributed by atoms with Crippen LogP contribution >= 0.6 is 11.3 Å². The molecule has 108 valence electrons. The second-order valence-corrected chi connectivity index (χ2v) is 5.51. The molecule has 0 spiro atoms. The van der Waals surface area contributed by atoms with E-state index in [1.165, 1.54) is 0 Å². The zero-order valence-electron chi connectivity index (χ0n) is 12.2. The molecule has 0 aromatic carbocycles. The summed E-state index contributed by atoms with van der Waals surface area (Å²) in [4.78, 5) is 13.2. The van der Waals surface area contributed by atoms with Gasteiger partial charge in [0.2, 0.25) is 0 Å². The number of nitrogens with one attached hydrogen (secondary N) is 2. The Morgan fingerprint density at radius 2 is 1.90 bits per heavy atom. The summed E-state index contributed by atoms with van der Waals surface area (Å²) >= 11 is 1.67. The predicted octanol–water partition coefficient (Wildman–Crippen LogP) is 3.24. The molecular weight excluding hydrogens is 270 g/mol. The van der Waals surface area contributed by atoms with Crippen molar-refractivity contribution in [3.63, 3.8) is 0 Å². The normalized spacial score (nSPS) is 10.6. The molecule has 2 aromatic heterocycles. The third kappa shape index (κ3) is 3.66. The molecule has 0 atom stereocenters. The van der Waals surface area contributed by atoms with Gasteiger partial charge in [0.1, 0.15) is 23.0 Å². The van der Waals surface area contributed by atoms with Crippen LogP contribution < -0.4 is 10.6 Å². The average molecular weight is 291 g/mol. The molecule has 0 saturated heterocycles. The Labute approximate surface area is 123 Å². The SMILES string of the molecule is CCCc1c(NCC)ncnc1NCc1nc(C)cs1. The fourth-order valence-electron chi connectivity index (χ4n) is 2.01. The summed E-state index contributed by atoms with van der Waals surface area (Å²) in [7, 11) is 0. The number of nitrogens with zero attached hydrogens (tertiary/aromatic N) is 3. The molecule has 0 radical (unpaired) electrons. The van der Waals surface area contributed by atoms with E-state index in [9.17, 15) is 0 Å². The van der Waals surface area contributed by atoms with Crippen molar-refractivity contribution in [2.45, 2.75) is 40.2 Å². The summed E-state index contributed by atoms with van der Waals surface area (Å²) < 4.78 is 0. The minimum absolute atomic E-state index is 0.706. The van der Waals surface area contributed by atoms with E-state index in [0.29, 0.717) is 6.54 Å². The highest BCUT2D eigenvalue weighted by Crippen LogP contribution is 2.22. The lowest BCUT2D eigenvalue weighted by atomic mass is 10.1. The van der Waals surface area contributed by atoms with E-state index in [0.717, 1.165) is 47.3 Å². The van der Waals surface area contributed by atoms with E-state index in [1.54, 1.807) is 17.7 Å². The zero-order valence-corrected chi connectivity index (χ0v) is 13.0. The van der Waals surface area contributed by atoms with Crippen LogP contribution in [0.3, 0.4) is 0 Å². The van der Waals surface area contributed by atoms with Crippen molar-refractivity contribution in [2.75, 3.05) is 17.2 Å². The second-order valence-electron chi connectivity index (χ2n) is 4.57. The maximum absolute atomic E-state index is 4.46. The molecule has 0 aliphatic heterocycles. The quantitative estimate of drug-likeness (QED) is 0.820. The number of hydrogen-bond acceptors (Lipinski definition) is 6. The molecule has 5 nitrogen and oxygen atoms in total. The molecule has 6 heteroatoms. The highest BCUT2D eigenvalue weighted by atomic mass is 32.1. The Morgan fingerprint density at radius 3 is 2.50 bits per heavy atom. The van der Waals surface area contributed by atoms with E-state index < -0.39 is 0 Å². The van der Waals surface area contributed by atoms with Crippen LogP contribution in [-0.2, 0) is 13.0 Å². The Morgan fingerprint density at radius 1 is 1.15 bits per heavy atom. The Balaban J connectivity index is 2.14. The predicted molar refractivity (Wildman–Crippen MR) is 84.4 cm³/mol. The first kappa shape index (κ1) is 14.7. The van der Waals surface area contributed by atoms with Crippen LogP contribution in [0.5, 0.6) is 0 Å². The maximum Gasteiger partial charge on any atom is 0.135 e. The summed E-state index contributed by atoms with van der Waals surface area (Å²) in [5.41, 5.74) is 2.22. The topological polar surface area (TPSA) is 62.7 Å². The second kappa shape index (κ2) is 7.19. The highest BCUT2D eigenvalue weighted by molar-refractivity contribution is 7.09. The molecule has 20 heavy (non-hydrogen) atoms. The molecule has 2 rings (SSSR count). The van der Waals surface area contributed by atoms with Gasteiger partial charge < -0.3 is 10.6 Å². The van der Waals surface area contributed by atoms with Crippen molar-refractivity contribution >= 4 is 23.0 Å². The molecule has 2 heterocycles. The Kier molecular flexibility index (Phi) is 5.29. The van der Waals surface area contributed by atoms with Gasteiger partial charge in [0.15, 0.2) is 0 Å². The lowest BCUT2D eigenvalue weighted by Gasteiger charge is -2.13. The van der Waals surface area contributed by atoms with Gasteiger partial charge in [-0.25, -0.2) is 15.0 Å². The van der Waals surface area contributed by atoms with Crippen LogP contribution in [0.15, 0.2) is 11.7 Å². The van der Waals surface area contributed by atoms with E-state index >= 15 is 0 Å². The van der Waals surface area contributed by atoms with Gasteiger partial charge in [-0.3, -0.25) is 0 Å². The Hall–Kier alpha value is -1.69. The van der Waals surface area contributed by atoms with Crippen molar-refractivity contribution in [1.29, 1.82) is 0 Å². The van der Waals surface area contributed by atoms with Crippen LogP contribution in [-0.4, -0.2) is 21.5 Å². The minimum atomic E-state index is 0.706. The van der Waals surface area contributed by atoms with Crippen LogP contribution in [0.4, 0.5) is 11.6 Å². The number of rotatable bonds is 7. The first-order chi connectivity index (χ1) is 9.74. The van der Waals surface area contributed by atoms with E-state index in [-0.39, 0.29) is 0 Å². The van der Waals surface area contributed by atoms with E-state index in [1.807, 2.05) is 6.92 Å². The van der Waals surface area contributed by atoms with Crippen LogP contribution in [0.1, 0.15) is 36.5 Å². The maximum atomic E-state index is 4.46. The largest absolute Gasteiger partial charge is 0.370 e. The molecular formula is C14H21N5S. The molecule has 0 bridgehead atoms. The van der Waals surface area contributed by atoms with Crippen LogP contribution in [0.2, 0.25) is 0 Å². The molecule has 0 fully saturated rings. The van der Waals surface area contributed by atoms with E-state index in [2.05, 4.69) is 44.8 Å². The third-order valence-electron chi connectivity index (χ3n) is 2.86. The van der Waals surface area contributed by atoms with Crippen molar-refractivity contribution in [3.05, 3.63) is 28.0 Å². The number of thiazole rings is 1. The first-order valence-corrected chi connectivity index (χ1v) is 7.85. The van der Waals surface area contributed by atoms with Gasteiger partial charge in [0, 0.05) is 23.2 Å². The molecule has 0 amide bonds. The summed E-state index contributed by atoms with van der Waals surface area (Å²) in [6.45, 7) is 7.81. The standard InChI is InChI=1S/C14H21N5S/c1-4-6-11-13(15-5-2)17-9-18-14(11)16-7-12-19-10(3)8-20-12/h8-9H,4-7H2,1-3H3,(H2,15,16,17,18). The smallest absolute Gasteiger partial charge is 0.135 e. The molecule has 0 unspecified atom stereocenters. The Bertz CT molecular complexity index is 552. The molecule has 0 saturated carbocycles. The van der Waals surface area contributed by atoms with Gasteiger partial charge >= 0.3 is 0 Å². The summed E-state index contributed by atoms with van der Waals surface area (Å²) in [6, 6.07) is 0. The van der Waals surface area contributed by atoms with E-state index in [4.69, 9.17) is 0 Å². The van der Waals surface area contributed by atoms with Gasteiger partial charge in [-0.1, -0.05) is 13.3 Å². The van der Waals surface area contributed by atoms with Gasteiger partial charge in [0.25, 0.3) is 0 Å². The van der Waals surface area contributed by atoms with Crippen LogP contribution in [0.25, 0.3) is 0 Å². The van der Waals surface area contributed by atoms with Gasteiger partial charge in [-0.15, -0.1) is 11.3 Å². The van der Waals surface area contributed by atoms with Gasteiger partial charge in [-0.2, -0.15) is 0 Å².